The van der Waals surface area contributed by atoms with E-state index in [1.54, 1.807) is 4.90 Å². The zero-order valence-electron chi connectivity index (χ0n) is 13.0. The van der Waals surface area contributed by atoms with Crippen LogP contribution in [-0.4, -0.2) is 78.9 Å². The topological polar surface area (TPSA) is 82.1 Å². The Morgan fingerprint density at radius 3 is 2.57 bits per heavy atom. The average molecular weight is 301 g/mol. The van der Waals surface area contributed by atoms with Crippen molar-refractivity contribution in [1.82, 2.24) is 15.1 Å². The minimum absolute atomic E-state index is 0.0106. The highest BCUT2D eigenvalue weighted by Gasteiger charge is 2.17. The second-order valence-corrected chi connectivity index (χ2v) is 5.47. The molecule has 1 aliphatic heterocycles. The molecule has 0 atom stereocenters. The maximum Gasteiger partial charge on any atom is 0.317 e. The number of urea groups is 1. The van der Waals surface area contributed by atoms with Crippen LogP contribution in [0.15, 0.2) is 0 Å². The number of nitrogens with zero attached hydrogens (tertiary/aromatic N) is 2. The van der Waals surface area contributed by atoms with Crippen molar-refractivity contribution in [3.8, 4) is 0 Å². The average Bonchev–Trinajstić information content (AvgIpc) is 2.44. The summed E-state index contributed by atoms with van der Waals surface area (Å²) in [6.45, 7) is 9.01. The molecule has 21 heavy (non-hydrogen) atoms. The van der Waals surface area contributed by atoms with Gasteiger partial charge in [-0.1, -0.05) is 0 Å². The molecule has 7 nitrogen and oxygen atoms in total. The summed E-state index contributed by atoms with van der Waals surface area (Å²) < 4.78 is 5.28. The Hall–Kier alpha value is -1.34. The maximum absolute atomic E-state index is 12.0. The van der Waals surface area contributed by atoms with E-state index in [1.165, 1.54) is 0 Å². The van der Waals surface area contributed by atoms with Crippen LogP contribution in [0.2, 0.25) is 0 Å². The monoisotopic (exact) mass is 301 g/mol. The number of carboxylic acid groups (broad SMARTS) is 1. The summed E-state index contributed by atoms with van der Waals surface area (Å²) in [4.78, 5) is 26.5. The molecule has 0 aromatic carbocycles. The Bertz CT molecular complexity index is 330. The normalized spacial score (nSPS) is 16.0. The molecule has 0 saturated carbocycles. The van der Waals surface area contributed by atoms with Gasteiger partial charge >= 0.3 is 12.0 Å². The van der Waals surface area contributed by atoms with Gasteiger partial charge in [-0.2, -0.15) is 0 Å². The number of hydrogen-bond donors (Lipinski definition) is 2. The molecule has 122 valence electrons. The first kappa shape index (κ1) is 17.7. The van der Waals surface area contributed by atoms with Crippen LogP contribution in [0.3, 0.4) is 0 Å². The highest BCUT2D eigenvalue weighted by molar-refractivity contribution is 5.75. The molecule has 1 saturated heterocycles. The molecule has 0 unspecified atom stereocenters. The summed E-state index contributed by atoms with van der Waals surface area (Å²) in [7, 11) is 0. The molecular weight excluding hydrogens is 274 g/mol. The van der Waals surface area contributed by atoms with Crippen molar-refractivity contribution >= 4 is 12.0 Å². The number of ether oxygens (including phenoxy) is 1. The number of nitrogens with one attached hydrogen (secondary N) is 1. The number of carboxylic acids is 1. The molecule has 1 heterocycles. The lowest BCUT2D eigenvalue weighted by Crippen LogP contribution is -2.45. The summed E-state index contributed by atoms with van der Waals surface area (Å²) in [5.41, 5.74) is 0. The minimum atomic E-state index is -0.888. The van der Waals surface area contributed by atoms with Gasteiger partial charge in [0.2, 0.25) is 0 Å². The number of amides is 2. The molecule has 1 fully saturated rings. The third-order valence-corrected chi connectivity index (χ3v) is 3.48. The SMILES string of the molecule is CC(C)N(CCC(=O)O)C(=O)NCCCN1CCOCC1. The van der Waals surface area contributed by atoms with Crippen LogP contribution in [-0.2, 0) is 9.53 Å². The first-order valence-corrected chi connectivity index (χ1v) is 7.57. The predicted molar refractivity (Wildman–Crippen MR) is 79.4 cm³/mol. The van der Waals surface area contributed by atoms with E-state index in [0.717, 1.165) is 39.3 Å². The molecule has 1 rings (SSSR count). The molecule has 0 radical (unpaired) electrons. The number of carbonyl (C=O) groups is 2. The van der Waals surface area contributed by atoms with Crippen molar-refractivity contribution in [3.63, 3.8) is 0 Å². The van der Waals surface area contributed by atoms with E-state index < -0.39 is 5.97 Å². The Morgan fingerprint density at radius 1 is 1.33 bits per heavy atom. The van der Waals surface area contributed by atoms with E-state index in [4.69, 9.17) is 9.84 Å². The number of aliphatic carboxylic acids is 1. The summed E-state index contributed by atoms with van der Waals surface area (Å²) >= 11 is 0. The van der Waals surface area contributed by atoms with E-state index in [0.29, 0.717) is 6.54 Å². The van der Waals surface area contributed by atoms with Crippen molar-refractivity contribution in [3.05, 3.63) is 0 Å². The van der Waals surface area contributed by atoms with E-state index in [2.05, 4.69) is 10.2 Å². The zero-order chi connectivity index (χ0) is 15.7. The van der Waals surface area contributed by atoms with Gasteiger partial charge in [-0.25, -0.2) is 4.79 Å². The van der Waals surface area contributed by atoms with Crippen LogP contribution in [0.5, 0.6) is 0 Å². The summed E-state index contributed by atoms with van der Waals surface area (Å²) in [5.74, 6) is -0.888. The molecule has 0 bridgehead atoms. The van der Waals surface area contributed by atoms with Gasteiger partial charge in [0, 0.05) is 32.2 Å². The highest BCUT2D eigenvalue weighted by atomic mass is 16.5. The standard InChI is InChI=1S/C14H27N3O4/c1-12(2)17(7-4-13(18)19)14(20)15-5-3-6-16-8-10-21-11-9-16/h12H,3-11H2,1-2H3,(H,15,20)(H,18,19). The van der Waals surface area contributed by atoms with Crippen LogP contribution < -0.4 is 5.32 Å². The fourth-order valence-corrected chi connectivity index (χ4v) is 2.23. The highest BCUT2D eigenvalue weighted by Crippen LogP contribution is 2.01. The lowest BCUT2D eigenvalue weighted by atomic mass is 10.3. The maximum atomic E-state index is 12.0. The van der Waals surface area contributed by atoms with Crippen molar-refractivity contribution in [2.24, 2.45) is 0 Å². The summed E-state index contributed by atoms with van der Waals surface area (Å²) in [6, 6.07) is -0.197. The Morgan fingerprint density at radius 2 is 2.00 bits per heavy atom. The molecule has 2 N–H and O–H groups in total. The van der Waals surface area contributed by atoms with E-state index in [1.807, 2.05) is 13.8 Å². The van der Waals surface area contributed by atoms with Crippen LogP contribution in [0.4, 0.5) is 4.79 Å². The second-order valence-electron chi connectivity index (χ2n) is 5.47. The number of carbonyl (C=O) groups excluding carboxylic acids is 1. The van der Waals surface area contributed by atoms with Gasteiger partial charge in [-0.15, -0.1) is 0 Å². The van der Waals surface area contributed by atoms with Gasteiger partial charge in [-0.05, 0) is 26.8 Å². The van der Waals surface area contributed by atoms with Gasteiger partial charge in [-0.3, -0.25) is 9.69 Å². The Balaban J connectivity index is 2.21. The third kappa shape index (κ3) is 7.29. The zero-order valence-corrected chi connectivity index (χ0v) is 13.0. The van der Waals surface area contributed by atoms with Gasteiger partial charge in [0.1, 0.15) is 0 Å². The van der Waals surface area contributed by atoms with Crippen LogP contribution in [0, 0.1) is 0 Å². The van der Waals surface area contributed by atoms with Crippen LogP contribution in [0.25, 0.3) is 0 Å². The van der Waals surface area contributed by atoms with Crippen LogP contribution in [0.1, 0.15) is 26.7 Å². The fourth-order valence-electron chi connectivity index (χ4n) is 2.23. The van der Waals surface area contributed by atoms with Gasteiger partial charge in [0.05, 0.1) is 19.6 Å². The van der Waals surface area contributed by atoms with E-state index in [-0.39, 0.29) is 25.0 Å². The van der Waals surface area contributed by atoms with Gasteiger partial charge < -0.3 is 20.1 Å². The summed E-state index contributed by atoms with van der Waals surface area (Å²) in [6.07, 6.45) is 0.857. The van der Waals surface area contributed by atoms with Crippen molar-refractivity contribution in [2.75, 3.05) is 45.9 Å². The quantitative estimate of drug-likeness (QED) is 0.642. The van der Waals surface area contributed by atoms with Gasteiger partial charge in [0.25, 0.3) is 0 Å². The van der Waals surface area contributed by atoms with Crippen molar-refractivity contribution in [1.29, 1.82) is 0 Å². The fraction of sp³-hybridized carbons (Fsp3) is 0.857. The molecular formula is C14H27N3O4. The first-order chi connectivity index (χ1) is 10.0. The Labute approximate surface area is 126 Å². The third-order valence-electron chi connectivity index (χ3n) is 3.48. The predicted octanol–water partition coefficient (Wildman–Crippen LogP) is 0.603. The smallest absolute Gasteiger partial charge is 0.317 e. The molecule has 1 aliphatic rings. The van der Waals surface area contributed by atoms with E-state index in [9.17, 15) is 9.59 Å². The molecule has 0 aromatic rings. The number of hydrogen-bond acceptors (Lipinski definition) is 4. The largest absolute Gasteiger partial charge is 0.481 e. The van der Waals surface area contributed by atoms with E-state index >= 15 is 0 Å². The Kier molecular flexibility index (Phi) is 8.07. The molecule has 0 aliphatic carbocycles. The van der Waals surface area contributed by atoms with Crippen LogP contribution >= 0.6 is 0 Å². The molecule has 2 amide bonds. The molecule has 0 spiro atoms. The first-order valence-electron chi connectivity index (χ1n) is 7.57. The lowest BCUT2D eigenvalue weighted by molar-refractivity contribution is -0.137. The second kappa shape index (κ2) is 9.57. The number of rotatable bonds is 8. The molecule has 0 aromatic heterocycles. The lowest BCUT2D eigenvalue weighted by Gasteiger charge is -2.28. The summed E-state index contributed by atoms with van der Waals surface area (Å²) in [5, 5.41) is 11.6. The van der Waals surface area contributed by atoms with Crippen molar-refractivity contribution < 1.29 is 19.4 Å². The number of morpholine rings is 1. The van der Waals surface area contributed by atoms with Crippen molar-refractivity contribution in [2.45, 2.75) is 32.7 Å². The molecule has 7 heteroatoms. The van der Waals surface area contributed by atoms with Gasteiger partial charge in [0.15, 0.2) is 0 Å². The minimum Gasteiger partial charge on any atom is -0.481 e.